The van der Waals surface area contributed by atoms with Gasteiger partial charge >= 0.3 is 0 Å². The van der Waals surface area contributed by atoms with Gasteiger partial charge in [-0.05, 0) is 48.9 Å². The Balaban J connectivity index is 1.78. The fourth-order valence-electron chi connectivity index (χ4n) is 3.14. The third-order valence-corrected chi connectivity index (χ3v) is 5.37. The third kappa shape index (κ3) is 5.08. The number of hydrogen-bond donors (Lipinski definition) is 2. The predicted molar refractivity (Wildman–Crippen MR) is 109 cm³/mol. The van der Waals surface area contributed by atoms with Crippen LogP contribution in [0.15, 0.2) is 35.7 Å². The summed E-state index contributed by atoms with van der Waals surface area (Å²) < 4.78 is 5.03. The molecule has 2 aromatic rings. The molecule has 1 aliphatic heterocycles. The zero-order chi connectivity index (χ0) is 19.1. The minimum absolute atomic E-state index is 0.125. The van der Waals surface area contributed by atoms with Crippen LogP contribution >= 0.6 is 11.3 Å². The van der Waals surface area contributed by atoms with Crippen LogP contribution in [0.25, 0.3) is 0 Å². The summed E-state index contributed by atoms with van der Waals surface area (Å²) in [4.78, 5) is 28.0. The number of amides is 2. The summed E-state index contributed by atoms with van der Waals surface area (Å²) in [6.07, 6.45) is 3.02. The monoisotopic (exact) mass is 387 g/mol. The Labute approximate surface area is 163 Å². The molecule has 0 bridgehead atoms. The van der Waals surface area contributed by atoms with Gasteiger partial charge in [0, 0.05) is 44.7 Å². The highest BCUT2D eigenvalue weighted by molar-refractivity contribution is 7.12. The van der Waals surface area contributed by atoms with Crippen LogP contribution in [0.4, 0.5) is 11.4 Å². The van der Waals surface area contributed by atoms with E-state index in [2.05, 4.69) is 15.5 Å². The largest absolute Gasteiger partial charge is 0.385 e. The average Bonchev–Trinajstić information content (AvgIpc) is 3.39. The van der Waals surface area contributed by atoms with Crippen LogP contribution in [0.5, 0.6) is 0 Å². The van der Waals surface area contributed by atoms with Gasteiger partial charge in [-0.2, -0.15) is 0 Å². The van der Waals surface area contributed by atoms with Crippen molar-refractivity contribution in [3.05, 3.63) is 46.2 Å². The molecule has 0 atom stereocenters. The lowest BCUT2D eigenvalue weighted by Gasteiger charge is -2.22. The third-order valence-electron chi connectivity index (χ3n) is 4.50. The Morgan fingerprint density at radius 2 is 2.00 bits per heavy atom. The van der Waals surface area contributed by atoms with E-state index >= 15 is 0 Å². The summed E-state index contributed by atoms with van der Waals surface area (Å²) in [7, 11) is 1.65. The van der Waals surface area contributed by atoms with Gasteiger partial charge < -0.3 is 20.3 Å². The number of carbonyl (C=O) groups is 2. The Kier molecular flexibility index (Phi) is 6.84. The molecule has 2 heterocycles. The van der Waals surface area contributed by atoms with E-state index in [9.17, 15) is 9.59 Å². The molecule has 1 saturated heterocycles. The molecule has 0 radical (unpaired) electrons. The second kappa shape index (κ2) is 9.53. The standard InChI is InChI=1S/C20H25N3O3S/c1-26-12-5-9-21-19(24)16-14-15(22-20(25)18-6-4-13-27-18)7-8-17(16)23-10-2-3-11-23/h4,6-8,13-14H,2-3,5,9-12H2,1H3,(H,21,24)(H,22,25). The second-order valence-corrected chi connectivity index (χ2v) is 7.41. The van der Waals surface area contributed by atoms with E-state index in [-0.39, 0.29) is 11.8 Å². The van der Waals surface area contributed by atoms with Gasteiger partial charge in [-0.25, -0.2) is 0 Å². The fourth-order valence-corrected chi connectivity index (χ4v) is 3.76. The first-order valence-electron chi connectivity index (χ1n) is 9.20. The molecule has 1 aliphatic rings. The summed E-state index contributed by atoms with van der Waals surface area (Å²) in [5.74, 6) is -0.286. The maximum atomic E-state index is 12.8. The lowest BCUT2D eigenvalue weighted by atomic mass is 10.1. The van der Waals surface area contributed by atoms with Crippen LogP contribution in [0.1, 0.15) is 39.3 Å². The van der Waals surface area contributed by atoms with Gasteiger partial charge in [0.1, 0.15) is 0 Å². The van der Waals surface area contributed by atoms with Gasteiger partial charge in [-0.1, -0.05) is 6.07 Å². The van der Waals surface area contributed by atoms with Crippen LogP contribution < -0.4 is 15.5 Å². The van der Waals surface area contributed by atoms with E-state index in [0.29, 0.717) is 29.3 Å². The molecule has 2 amide bonds. The molecule has 1 aromatic carbocycles. The lowest BCUT2D eigenvalue weighted by Crippen LogP contribution is -2.28. The van der Waals surface area contributed by atoms with Gasteiger partial charge in [-0.15, -0.1) is 11.3 Å². The number of hydrogen-bond acceptors (Lipinski definition) is 5. The first kappa shape index (κ1) is 19.4. The fraction of sp³-hybridized carbons (Fsp3) is 0.400. The van der Waals surface area contributed by atoms with Crippen LogP contribution in [-0.2, 0) is 4.74 Å². The molecule has 0 aliphatic carbocycles. The molecule has 144 valence electrons. The molecule has 0 unspecified atom stereocenters. The molecular formula is C20H25N3O3S. The van der Waals surface area contributed by atoms with E-state index < -0.39 is 0 Å². The Bertz CT molecular complexity index is 771. The van der Waals surface area contributed by atoms with Crippen LogP contribution in [0.2, 0.25) is 0 Å². The molecule has 0 saturated carbocycles. The predicted octanol–water partition coefficient (Wildman–Crippen LogP) is 3.37. The topological polar surface area (TPSA) is 70.7 Å². The molecular weight excluding hydrogens is 362 g/mol. The number of thiophene rings is 1. The zero-order valence-electron chi connectivity index (χ0n) is 15.5. The van der Waals surface area contributed by atoms with Crippen molar-refractivity contribution in [2.24, 2.45) is 0 Å². The maximum Gasteiger partial charge on any atom is 0.265 e. The number of rotatable bonds is 8. The Morgan fingerprint density at radius 1 is 1.19 bits per heavy atom. The number of methoxy groups -OCH3 is 1. The Hall–Kier alpha value is -2.38. The Morgan fingerprint density at radius 3 is 2.70 bits per heavy atom. The number of nitrogens with one attached hydrogen (secondary N) is 2. The van der Waals surface area contributed by atoms with E-state index in [1.54, 1.807) is 19.2 Å². The molecule has 2 N–H and O–H groups in total. The van der Waals surface area contributed by atoms with Gasteiger partial charge in [0.15, 0.2) is 0 Å². The average molecular weight is 388 g/mol. The van der Waals surface area contributed by atoms with Crippen molar-refractivity contribution in [2.75, 3.05) is 43.6 Å². The number of ether oxygens (including phenoxy) is 1. The maximum absolute atomic E-state index is 12.8. The van der Waals surface area contributed by atoms with Crippen LogP contribution in [0, 0.1) is 0 Å². The van der Waals surface area contributed by atoms with Gasteiger partial charge in [-0.3, -0.25) is 9.59 Å². The minimum atomic E-state index is -0.162. The minimum Gasteiger partial charge on any atom is -0.385 e. The molecule has 27 heavy (non-hydrogen) atoms. The highest BCUT2D eigenvalue weighted by atomic mass is 32.1. The molecule has 7 heteroatoms. The van der Waals surface area contributed by atoms with Crippen LogP contribution in [-0.4, -0.2) is 45.2 Å². The van der Waals surface area contributed by atoms with Gasteiger partial charge in [0.2, 0.25) is 0 Å². The molecule has 1 fully saturated rings. The molecule has 1 aromatic heterocycles. The number of anilines is 2. The highest BCUT2D eigenvalue weighted by Gasteiger charge is 2.20. The van der Waals surface area contributed by atoms with Crippen molar-refractivity contribution in [3.63, 3.8) is 0 Å². The highest BCUT2D eigenvalue weighted by Crippen LogP contribution is 2.28. The summed E-state index contributed by atoms with van der Waals surface area (Å²) in [6.45, 7) is 3.06. The number of benzene rings is 1. The smallest absolute Gasteiger partial charge is 0.265 e. The second-order valence-electron chi connectivity index (χ2n) is 6.46. The molecule has 6 nitrogen and oxygen atoms in total. The van der Waals surface area contributed by atoms with E-state index in [4.69, 9.17) is 4.74 Å². The van der Waals surface area contributed by atoms with Gasteiger partial charge in [0.25, 0.3) is 11.8 Å². The lowest BCUT2D eigenvalue weighted by molar-refractivity contribution is 0.0947. The normalized spacial score (nSPS) is 13.6. The first-order valence-corrected chi connectivity index (χ1v) is 10.1. The van der Waals surface area contributed by atoms with Crippen molar-refractivity contribution in [2.45, 2.75) is 19.3 Å². The first-order chi connectivity index (χ1) is 13.2. The van der Waals surface area contributed by atoms with Gasteiger partial charge in [0.05, 0.1) is 10.4 Å². The van der Waals surface area contributed by atoms with Crippen LogP contribution in [0.3, 0.4) is 0 Å². The van der Waals surface area contributed by atoms with E-state index in [0.717, 1.165) is 38.0 Å². The van der Waals surface area contributed by atoms with Crippen molar-refractivity contribution in [1.82, 2.24) is 5.32 Å². The van der Waals surface area contributed by atoms with Crippen molar-refractivity contribution >= 4 is 34.5 Å². The van der Waals surface area contributed by atoms with Crippen molar-refractivity contribution in [3.8, 4) is 0 Å². The number of nitrogens with zero attached hydrogens (tertiary/aromatic N) is 1. The van der Waals surface area contributed by atoms with Crippen molar-refractivity contribution in [1.29, 1.82) is 0 Å². The molecule has 0 spiro atoms. The summed E-state index contributed by atoms with van der Waals surface area (Å²) in [5.41, 5.74) is 2.14. The summed E-state index contributed by atoms with van der Waals surface area (Å²) in [5, 5.41) is 7.70. The number of carbonyl (C=O) groups excluding carboxylic acids is 2. The van der Waals surface area contributed by atoms with E-state index in [1.165, 1.54) is 11.3 Å². The van der Waals surface area contributed by atoms with E-state index in [1.807, 2.05) is 23.6 Å². The zero-order valence-corrected chi connectivity index (χ0v) is 16.3. The SMILES string of the molecule is COCCCNC(=O)c1cc(NC(=O)c2cccs2)ccc1N1CCCC1. The summed E-state index contributed by atoms with van der Waals surface area (Å²) >= 11 is 1.39. The quantitative estimate of drug-likeness (QED) is 0.682. The summed E-state index contributed by atoms with van der Waals surface area (Å²) in [6, 6.07) is 9.18. The van der Waals surface area contributed by atoms with Crippen molar-refractivity contribution < 1.29 is 14.3 Å². The molecule has 3 rings (SSSR count).